The summed E-state index contributed by atoms with van der Waals surface area (Å²) in [7, 11) is 2.05. The van der Waals surface area contributed by atoms with Gasteiger partial charge in [-0.05, 0) is 39.2 Å². The first-order valence-electron chi connectivity index (χ1n) is 8.83. The summed E-state index contributed by atoms with van der Waals surface area (Å²) in [6.45, 7) is 6.12. The van der Waals surface area contributed by atoms with E-state index in [1.165, 1.54) is 32.1 Å². The number of aliphatic hydroxyl groups is 1. The van der Waals surface area contributed by atoms with Crippen LogP contribution in [0.1, 0.15) is 44.9 Å². The molecule has 0 bridgehead atoms. The third-order valence-electron chi connectivity index (χ3n) is 6.03. The van der Waals surface area contributed by atoms with E-state index in [4.69, 9.17) is 4.74 Å². The second-order valence-electron chi connectivity index (χ2n) is 7.72. The summed E-state index contributed by atoms with van der Waals surface area (Å²) in [5.41, 5.74) is -0.0783. The first kappa shape index (κ1) is 15.7. The molecule has 3 atom stereocenters. The van der Waals surface area contributed by atoms with Crippen LogP contribution < -0.4 is 5.32 Å². The Labute approximate surface area is 129 Å². The van der Waals surface area contributed by atoms with Crippen LogP contribution in [-0.2, 0) is 4.74 Å². The molecule has 3 aliphatic rings. The van der Waals surface area contributed by atoms with Crippen LogP contribution in [0.15, 0.2) is 0 Å². The van der Waals surface area contributed by atoms with Gasteiger partial charge < -0.3 is 20.1 Å². The van der Waals surface area contributed by atoms with Crippen molar-refractivity contribution in [1.82, 2.24) is 10.2 Å². The molecule has 1 saturated carbocycles. The number of hydrogen-bond acceptors (Lipinski definition) is 4. The maximum Gasteiger partial charge on any atom is 0.0700 e. The number of ether oxygens (including phenoxy) is 1. The molecule has 0 aromatic carbocycles. The molecule has 3 rings (SSSR count). The number of hydrogen-bond donors (Lipinski definition) is 2. The average Bonchev–Trinajstić information content (AvgIpc) is 2.49. The van der Waals surface area contributed by atoms with Gasteiger partial charge in [-0.3, -0.25) is 0 Å². The summed E-state index contributed by atoms with van der Waals surface area (Å²) in [5, 5.41) is 14.2. The maximum absolute atomic E-state index is 10.8. The second-order valence-corrected chi connectivity index (χ2v) is 7.72. The van der Waals surface area contributed by atoms with Crippen LogP contribution in [0.2, 0.25) is 0 Å². The van der Waals surface area contributed by atoms with Crippen molar-refractivity contribution in [3.63, 3.8) is 0 Å². The molecule has 1 aliphatic carbocycles. The van der Waals surface area contributed by atoms with Crippen LogP contribution in [0.5, 0.6) is 0 Å². The van der Waals surface area contributed by atoms with Crippen molar-refractivity contribution < 1.29 is 9.84 Å². The molecule has 2 aliphatic heterocycles. The van der Waals surface area contributed by atoms with Gasteiger partial charge in [0.25, 0.3) is 0 Å². The summed E-state index contributed by atoms with van der Waals surface area (Å²) >= 11 is 0. The van der Waals surface area contributed by atoms with E-state index >= 15 is 0 Å². The fourth-order valence-electron chi connectivity index (χ4n) is 4.86. The number of nitrogens with one attached hydrogen (secondary N) is 1. The van der Waals surface area contributed by atoms with Crippen molar-refractivity contribution in [2.45, 2.75) is 50.5 Å². The Kier molecular flexibility index (Phi) is 4.89. The third-order valence-corrected chi connectivity index (χ3v) is 6.03. The van der Waals surface area contributed by atoms with E-state index in [1.807, 2.05) is 7.05 Å². The summed E-state index contributed by atoms with van der Waals surface area (Å²) < 4.78 is 5.79. The average molecular weight is 296 g/mol. The van der Waals surface area contributed by atoms with Gasteiger partial charge >= 0.3 is 0 Å². The van der Waals surface area contributed by atoms with E-state index in [0.717, 1.165) is 52.2 Å². The van der Waals surface area contributed by atoms with Gasteiger partial charge in [0.2, 0.25) is 0 Å². The minimum absolute atomic E-state index is 0.275. The Morgan fingerprint density at radius 3 is 2.90 bits per heavy atom. The lowest BCUT2D eigenvalue weighted by molar-refractivity contribution is -0.108. The van der Waals surface area contributed by atoms with Gasteiger partial charge in [0.1, 0.15) is 0 Å². The molecule has 0 radical (unpaired) electrons. The largest absolute Gasteiger partial charge is 0.390 e. The zero-order valence-electron chi connectivity index (χ0n) is 13.6. The minimum Gasteiger partial charge on any atom is -0.390 e. The molecule has 21 heavy (non-hydrogen) atoms. The van der Waals surface area contributed by atoms with E-state index in [0.29, 0.717) is 5.92 Å². The Hall–Kier alpha value is -0.160. The molecule has 0 aromatic heterocycles. The van der Waals surface area contributed by atoms with E-state index in [1.54, 1.807) is 0 Å². The molecule has 4 nitrogen and oxygen atoms in total. The standard InChI is InChI=1S/C17H32N2O2/c1-18-12-16(6-4-10-21-14-16)13-19-9-8-17(20)7-3-2-5-15(17)11-19/h15,18,20H,2-14H2,1H3. The molecule has 0 amide bonds. The van der Waals surface area contributed by atoms with Crippen LogP contribution in [0.4, 0.5) is 0 Å². The number of nitrogens with zero attached hydrogens (tertiary/aromatic N) is 1. The van der Waals surface area contributed by atoms with Gasteiger partial charge in [0.15, 0.2) is 0 Å². The second kappa shape index (κ2) is 6.53. The molecule has 2 N–H and O–H groups in total. The molecule has 122 valence electrons. The van der Waals surface area contributed by atoms with Crippen molar-refractivity contribution in [1.29, 1.82) is 0 Å². The first-order chi connectivity index (χ1) is 10.2. The highest BCUT2D eigenvalue weighted by atomic mass is 16.5. The first-order valence-corrected chi connectivity index (χ1v) is 8.83. The minimum atomic E-state index is -0.353. The van der Waals surface area contributed by atoms with Gasteiger partial charge in [-0.15, -0.1) is 0 Å². The predicted octanol–water partition coefficient (Wildman–Crippen LogP) is 1.63. The van der Waals surface area contributed by atoms with E-state index in [2.05, 4.69) is 10.2 Å². The number of fused-ring (bicyclic) bond motifs is 1. The van der Waals surface area contributed by atoms with Crippen LogP contribution in [-0.4, -0.2) is 62.0 Å². The molecular formula is C17H32N2O2. The van der Waals surface area contributed by atoms with E-state index in [-0.39, 0.29) is 11.0 Å². The number of rotatable bonds is 4. The molecular weight excluding hydrogens is 264 g/mol. The maximum atomic E-state index is 10.8. The van der Waals surface area contributed by atoms with Crippen molar-refractivity contribution >= 4 is 0 Å². The van der Waals surface area contributed by atoms with Crippen molar-refractivity contribution in [2.75, 3.05) is 46.4 Å². The smallest absolute Gasteiger partial charge is 0.0700 e. The van der Waals surface area contributed by atoms with Crippen LogP contribution in [0.3, 0.4) is 0 Å². The highest BCUT2D eigenvalue weighted by Gasteiger charge is 2.44. The van der Waals surface area contributed by atoms with Crippen LogP contribution in [0.25, 0.3) is 0 Å². The molecule has 0 aromatic rings. The number of piperidine rings is 1. The quantitative estimate of drug-likeness (QED) is 0.828. The summed E-state index contributed by atoms with van der Waals surface area (Å²) in [6.07, 6.45) is 8.16. The monoisotopic (exact) mass is 296 g/mol. The summed E-state index contributed by atoms with van der Waals surface area (Å²) in [6, 6.07) is 0. The third kappa shape index (κ3) is 3.44. The predicted molar refractivity (Wildman–Crippen MR) is 84.4 cm³/mol. The summed E-state index contributed by atoms with van der Waals surface area (Å²) in [5.74, 6) is 0.496. The van der Waals surface area contributed by atoms with Gasteiger partial charge in [-0.1, -0.05) is 12.8 Å². The fourth-order valence-corrected chi connectivity index (χ4v) is 4.86. The summed E-state index contributed by atoms with van der Waals surface area (Å²) in [4.78, 5) is 2.61. The van der Waals surface area contributed by atoms with Gasteiger partial charge in [-0.2, -0.15) is 0 Å². The van der Waals surface area contributed by atoms with E-state index in [9.17, 15) is 5.11 Å². The Morgan fingerprint density at radius 2 is 2.14 bits per heavy atom. The zero-order valence-corrected chi connectivity index (χ0v) is 13.6. The normalized spacial score (nSPS) is 41.7. The van der Waals surface area contributed by atoms with Crippen LogP contribution in [0, 0.1) is 11.3 Å². The van der Waals surface area contributed by atoms with E-state index < -0.39 is 0 Å². The Morgan fingerprint density at radius 1 is 1.24 bits per heavy atom. The molecule has 3 unspecified atom stereocenters. The Balaban J connectivity index is 1.61. The zero-order chi connectivity index (χ0) is 14.8. The lowest BCUT2D eigenvalue weighted by Gasteiger charge is -2.50. The Bertz CT molecular complexity index is 338. The topological polar surface area (TPSA) is 44.7 Å². The van der Waals surface area contributed by atoms with Gasteiger partial charge in [0, 0.05) is 44.1 Å². The van der Waals surface area contributed by atoms with Gasteiger partial charge in [-0.25, -0.2) is 0 Å². The van der Waals surface area contributed by atoms with Crippen LogP contribution >= 0.6 is 0 Å². The SMILES string of the molecule is CNCC1(CN2CCC3(O)CCCCC3C2)CCCOC1. The van der Waals surface area contributed by atoms with Crippen molar-refractivity contribution in [3.05, 3.63) is 0 Å². The molecule has 3 fully saturated rings. The number of likely N-dealkylation sites (tertiary alicyclic amines) is 1. The lowest BCUT2D eigenvalue weighted by atomic mass is 9.70. The molecule has 2 saturated heterocycles. The van der Waals surface area contributed by atoms with Crippen molar-refractivity contribution in [2.24, 2.45) is 11.3 Å². The molecule has 0 spiro atoms. The highest BCUT2D eigenvalue weighted by molar-refractivity contribution is 4.97. The highest BCUT2D eigenvalue weighted by Crippen LogP contribution is 2.41. The molecule has 4 heteroatoms. The fraction of sp³-hybridized carbons (Fsp3) is 1.00. The molecule has 2 heterocycles. The van der Waals surface area contributed by atoms with Crippen molar-refractivity contribution in [3.8, 4) is 0 Å². The van der Waals surface area contributed by atoms with Gasteiger partial charge in [0.05, 0.1) is 12.2 Å². The lowest BCUT2D eigenvalue weighted by Crippen LogP contribution is -2.57.